The molecule has 1 aliphatic rings. The van der Waals surface area contributed by atoms with Crippen molar-refractivity contribution >= 4 is 11.0 Å². The minimum absolute atomic E-state index is 0.715. The minimum Gasteiger partial charge on any atom is -0.331 e. The van der Waals surface area contributed by atoms with Gasteiger partial charge in [0, 0.05) is 6.54 Å². The summed E-state index contributed by atoms with van der Waals surface area (Å²) in [5.41, 5.74) is 3.86. The molecule has 0 saturated carbocycles. The van der Waals surface area contributed by atoms with Gasteiger partial charge in [-0.2, -0.15) is 0 Å². The van der Waals surface area contributed by atoms with E-state index in [9.17, 15) is 0 Å². The molecule has 0 atom stereocenters. The molecule has 0 amide bonds. The Morgan fingerprint density at radius 3 is 2.94 bits per heavy atom. The van der Waals surface area contributed by atoms with E-state index in [1.807, 2.05) is 6.33 Å². The number of nitrogens with zero attached hydrogens (tertiary/aromatic N) is 2. The third-order valence-electron chi connectivity index (χ3n) is 3.80. The van der Waals surface area contributed by atoms with Gasteiger partial charge < -0.3 is 9.88 Å². The topological polar surface area (TPSA) is 29.9 Å². The lowest BCUT2D eigenvalue weighted by atomic mass is 9.90. The summed E-state index contributed by atoms with van der Waals surface area (Å²) >= 11 is 0. The predicted octanol–water partition coefficient (Wildman–Crippen LogP) is 2.52. The lowest BCUT2D eigenvalue weighted by Crippen LogP contribution is -2.26. The lowest BCUT2D eigenvalue weighted by Gasteiger charge is -2.22. The molecule has 1 saturated heterocycles. The first-order chi connectivity index (χ1) is 8.38. The summed E-state index contributed by atoms with van der Waals surface area (Å²) in [6.07, 6.45) is 4.44. The van der Waals surface area contributed by atoms with Crippen molar-refractivity contribution in [3.63, 3.8) is 0 Å². The molecule has 1 N–H and O–H groups in total. The summed E-state index contributed by atoms with van der Waals surface area (Å²) in [6.45, 7) is 5.43. The van der Waals surface area contributed by atoms with Crippen molar-refractivity contribution in [2.24, 2.45) is 0 Å². The SMILES string of the molecule is CCn1cnc2cc(C3CCNCC3)ccc21. The summed E-state index contributed by atoms with van der Waals surface area (Å²) in [5, 5.41) is 3.42. The summed E-state index contributed by atoms with van der Waals surface area (Å²) in [5.74, 6) is 0.715. The highest BCUT2D eigenvalue weighted by atomic mass is 15.0. The Morgan fingerprint density at radius 1 is 1.35 bits per heavy atom. The fraction of sp³-hybridized carbons (Fsp3) is 0.500. The Kier molecular flexibility index (Phi) is 2.85. The third kappa shape index (κ3) is 1.95. The van der Waals surface area contributed by atoms with Crippen LogP contribution in [0.15, 0.2) is 24.5 Å². The van der Waals surface area contributed by atoms with Crippen molar-refractivity contribution in [3.8, 4) is 0 Å². The quantitative estimate of drug-likeness (QED) is 0.857. The maximum absolute atomic E-state index is 4.49. The molecule has 2 aromatic rings. The molecule has 0 spiro atoms. The Morgan fingerprint density at radius 2 is 2.18 bits per heavy atom. The first-order valence-corrected chi connectivity index (χ1v) is 6.54. The van der Waals surface area contributed by atoms with E-state index in [-0.39, 0.29) is 0 Å². The molecule has 1 aliphatic heterocycles. The van der Waals surface area contributed by atoms with Crippen LogP contribution in [-0.2, 0) is 6.54 Å². The van der Waals surface area contributed by atoms with Gasteiger partial charge >= 0.3 is 0 Å². The fourth-order valence-electron chi connectivity index (χ4n) is 2.74. The Labute approximate surface area is 102 Å². The molecule has 3 nitrogen and oxygen atoms in total. The lowest BCUT2D eigenvalue weighted by molar-refractivity contribution is 0.460. The van der Waals surface area contributed by atoms with E-state index in [1.165, 1.54) is 23.9 Å². The molecule has 2 heterocycles. The van der Waals surface area contributed by atoms with Crippen LogP contribution >= 0.6 is 0 Å². The molecule has 1 aromatic carbocycles. The number of hydrogen-bond acceptors (Lipinski definition) is 2. The largest absolute Gasteiger partial charge is 0.331 e. The zero-order valence-corrected chi connectivity index (χ0v) is 10.3. The number of rotatable bonds is 2. The molecule has 0 radical (unpaired) electrons. The molecule has 1 aromatic heterocycles. The van der Waals surface area contributed by atoms with Gasteiger partial charge in [0.2, 0.25) is 0 Å². The average Bonchev–Trinajstić information content (AvgIpc) is 2.81. The first kappa shape index (κ1) is 10.8. The molecule has 3 heteroatoms. The number of benzene rings is 1. The van der Waals surface area contributed by atoms with Crippen molar-refractivity contribution in [1.82, 2.24) is 14.9 Å². The predicted molar refractivity (Wildman–Crippen MR) is 70.3 cm³/mol. The standard InChI is InChI=1S/C14H19N3/c1-2-17-10-16-13-9-12(3-4-14(13)17)11-5-7-15-8-6-11/h3-4,9-11,15H,2,5-8H2,1H3. The van der Waals surface area contributed by atoms with E-state index in [0.29, 0.717) is 5.92 Å². The summed E-state index contributed by atoms with van der Waals surface area (Å²) in [7, 11) is 0. The van der Waals surface area contributed by atoms with Gasteiger partial charge in [0.05, 0.1) is 17.4 Å². The van der Waals surface area contributed by atoms with Crippen LogP contribution in [0.4, 0.5) is 0 Å². The maximum Gasteiger partial charge on any atom is 0.0958 e. The van der Waals surface area contributed by atoms with Crippen molar-refractivity contribution < 1.29 is 0 Å². The van der Waals surface area contributed by atoms with E-state index in [0.717, 1.165) is 25.2 Å². The second kappa shape index (κ2) is 4.49. The van der Waals surface area contributed by atoms with E-state index in [4.69, 9.17) is 0 Å². The van der Waals surface area contributed by atoms with Crippen LogP contribution < -0.4 is 5.32 Å². The maximum atomic E-state index is 4.49. The van der Waals surface area contributed by atoms with Gasteiger partial charge in [0.25, 0.3) is 0 Å². The van der Waals surface area contributed by atoms with Gasteiger partial charge in [-0.1, -0.05) is 6.07 Å². The number of aromatic nitrogens is 2. The summed E-state index contributed by atoms with van der Waals surface area (Å²) < 4.78 is 2.20. The van der Waals surface area contributed by atoms with Crippen molar-refractivity contribution in [2.75, 3.05) is 13.1 Å². The highest BCUT2D eigenvalue weighted by Crippen LogP contribution is 2.27. The van der Waals surface area contributed by atoms with E-state index >= 15 is 0 Å². The highest BCUT2D eigenvalue weighted by Gasteiger charge is 2.15. The summed E-state index contributed by atoms with van der Waals surface area (Å²) in [4.78, 5) is 4.49. The van der Waals surface area contributed by atoms with Crippen LogP contribution in [0.2, 0.25) is 0 Å². The molecule has 0 unspecified atom stereocenters. The van der Waals surface area contributed by atoms with Crippen LogP contribution in [0.1, 0.15) is 31.2 Å². The Bertz CT molecular complexity index is 509. The molecular weight excluding hydrogens is 210 g/mol. The zero-order valence-electron chi connectivity index (χ0n) is 10.3. The fourth-order valence-corrected chi connectivity index (χ4v) is 2.74. The van der Waals surface area contributed by atoms with Crippen LogP contribution in [0, 0.1) is 0 Å². The van der Waals surface area contributed by atoms with Crippen molar-refractivity contribution in [2.45, 2.75) is 32.2 Å². The molecule has 17 heavy (non-hydrogen) atoms. The van der Waals surface area contributed by atoms with E-state index < -0.39 is 0 Å². The summed E-state index contributed by atoms with van der Waals surface area (Å²) in [6, 6.07) is 6.78. The molecule has 3 rings (SSSR count). The zero-order chi connectivity index (χ0) is 11.7. The Hall–Kier alpha value is -1.35. The second-order valence-corrected chi connectivity index (χ2v) is 4.80. The van der Waals surface area contributed by atoms with Crippen LogP contribution in [0.5, 0.6) is 0 Å². The minimum atomic E-state index is 0.715. The van der Waals surface area contributed by atoms with E-state index in [2.05, 4.69) is 40.0 Å². The van der Waals surface area contributed by atoms with Gasteiger partial charge in [-0.15, -0.1) is 0 Å². The molecule has 90 valence electrons. The van der Waals surface area contributed by atoms with Gasteiger partial charge in [-0.3, -0.25) is 0 Å². The molecule has 1 fully saturated rings. The van der Waals surface area contributed by atoms with Gasteiger partial charge in [-0.25, -0.2) is 4.98 Å². The first-order valence-electron chi connectivity index (χ1n) is 6.54. The van der Waals surface area contributed by atoms with Gasteiger partial charge in [0.1, 0.15) is 0 Å². The second-order valence-electron chi connectivity index (χ2n) is 4.80. The van der Waals surface area contributed by atoms with Gasteiger partial charge in [-0.05, 0) is 56.5 Å². The number of aryl methyl sites for hydroxylation is 1. The van der Waals surface area contributed by atoms with Crippen LogP contribution in [0.3, 0.4) is 0 Å². The smallest absolute Gasteiger partial charge is 0.0958 e. The Balaban J connectivity index is 1.95. The van der Waals surface area contributed by atoms with Gasteiger partial charge in [0.15, 0.2) is 0 Å². The van der Waals surface area contributed by atoms with Crippen molar-refractivity contribution in [3.05, 3.63) is 30.1 Å². The highest BCUT2D eigenvalue weighted by molar-refractivity contribution is 5.76. The van der Waals surface area contributed by atoms with Crippen LogP contribution in [0.25, 0.3) is 11.0 Å². The number of nitrogens with one attached hydrogen (secondary N) is 1. The van der Waals surface area contributed by atoms with Crippen molar-refractivity contribution in [1.29, 1.82) is 0 Å². The molecular formula is C14H19N3. The van der Waals surface area contributed by atoms with Crippen LogP contribution in [-0.4, -0.2) is 22.6 Å². The van der Waals surface area contributed by atoms with E-state index in [1.54, 1.807) is 0 Å². The third-order valence-corrected chi connectivity index (χ3v) is 3.80. The number of imidazole rings is 1. The normalized spacial score (nSPS) is 17.7. The number of hydrogen-bond donors (Lipinski definition) is 1. The molecule has 0 bridgehead atoms. The molecule has 0 aliphatic carbocycles. The number of piperidine rings is 1. The average molecular weight is 229 g/mol. The monoisotopic (exact) mass is 229 g/mol. The number of fused-ring (bicyclic) bond motifs is 1.